The van der Waals surface area contributed by atoms with Gasteiger partial charge in [0.25, 0.3) is 0 Å². The second kappa shape index (κ2) is 8.23. The van der Waals surface area contributed by atoms with Crippen molar-refractivity contribution in [1.29, 1.82) is 0 Å². The summed E-state index contributed by atoms with van der Waals surface area (Å²) in [4.78, 5) is 14.1. The van der Waals surface area contributed by atoms with Crippen LogP contribution in [0.3, 0.4) is 0 Å². The van der Waals surface area contributed by atoms with Crippen molar-refractivity contribution in [3.8, 4) is 5.69 Å². The largest absolute Gasteiger partial charge is 0.464 e. The maximum Gasteiger partial charge on any atom is 0.233 e. The Labute approximate surface area is 157 Å². The van der Waals surface area contributed by atoms with E-state index in [2.05, 4.69) is 23.2 Å². The molecule has 0 bridgehead atoms. The number of hydrogen-bond donors (Lipinski definition) is 0. The van der Waals surface area contributed by atoms with E-state index in [0.717, 1.165) is 23.6 Å². The zero-order valence-electron chi connectivity index (χ0n) is 15.2. The summed E-state index contributed by atoms with van der Waals surface area (Å²) in [5.74, 6) is 1.94. The van der Waals surface area contributed by atoms with Crippen molar-refractivity contribution in [2.24, 2.45) is 0 Å². The second-order valence-electron chi connectivity index (χ2n) is 6.02. The maximum atomic E-state index is 12.4. The molecule has 0 aliphatic heterocycles. The third kappa shape index (κ3) is 4.16. The van der Waals surface area contributed by atoms with E-state index in [-0.39, 0.29) is 5.91 Å². The van der Waals surface area contributed by atoms with E-state index < -0.39 is 0 Å². The third-order valence-corrected chi connectivity index (χ3v) is 5.02. The average molecular weight is 370 g/mol. The summed E-state index contributed by atoms with van der Waals surface area (Å²) in [6, 6.07) is 11.9. The number of thioether (sulfide) groups is 1. The van der Waals surface area contributed by atoms with Gasteiger partial charge in [-0.3, -0.25) is 9.36 Å². The molecule has 1 amide bonds. The van der Waals surface area contributed by atoms with Crippen molar-refractivity contribution in [3.05, 3.63) is 59.8 Å². The van der Waals surface area contributed by atoms with Gasteiger partial charge in [-0.25, -0.2) is 0 Å². The van der Waals surface area contributed by atoms with E-state index in [4.69, 9.17) is 4.42 Å². The molecule has 0 N–H and O–H groups in total. The Bertz CT molecular complexity index is 887. The summed E-state index contributed by atoms with van der Waals surface area (Å²) in [5.41, 5.74) is 2.26. The van der Waals surface area contributed by atoms with Gasteiger partial charge in [-0.1, -0.05) is 36.9 Å². The first kappa shape index (κ1) is 18.3. The summed E-state index contributed by atoms with van der Waals surface area (Å²) in [6.07, 6.45) is 2.61. The predicted molar refractivity (Wildman–Crippen MR) is 101 cm³/mol. The SMILES string of the molecule is CCc1ccccc1-n1cnnc1SCC(=O)N(C)Cc1ccc(C)o1. The van der Waals surface area contributed by atoms with Crippen LogP contribution in [0, 0.1) is 6.92 Å². The van der Waals surface area contributed by atoms with Crippen LogP contribution in [0.15, 0.2) is 52.3 Å². The topological polar surface area (TPSA) is 64.2 Å². The lowest BCUT2D eigenvalue weighted by Crippen LogP contribution is -2.27. The van der Waals surface area contributed by atoms with Crippen LogP contribution in [0.1, 0.15) is 24.0 Å². The molecule has 3 aromatic rings. The fraction of sp³-hybridized carbons (Fsp3) is 0.316. The summed E-state index contributed by atoms with van der Waals surface area (Å²) >= 11 is 1.39. The summed E-state index contributed by atoms with van der Waals surface area (Å²) in [6.45, 7) is 4.46. The van der Waals surface area contributed by atoms with Gasteiger partial charge in [-0.05, 0) is 37.1 Å². The molecule has 0 radical (unpaired) electrons. The zero-order chi connectivity index (χ0) is 18.5. The highest BCUT2D eigenvalue weighted by molar-refractivity contribution is 7.99. The number of amides is 1. The summed E-state index contributed by atoms with van der Waals surface area (Å²) in [5, 5.41) is 8.90. The smallest absolute Gasteiger partial charge is 0.233 e. The van der Waals surface area contributed by atoms with Gasteiger partial charge in [-0.15, -0.1) is 10.2 Å². The number of carbonyl (C=O) groups excluding carboxylic acids is 1. The van der Waals surface area contributed by atoms with Gasteiger partial charge in [-0.2, -0.15) is 0 Å². The van der Waals surface area contributed by atoms with Gasteiger partial charge < -0.3 is 9.32 Å². The Morgan fingerprint density at radius 3 is 2.81 bits per heavy atom. The van der Waals surface area contributed by atoms with Crippen LogP contribution >= 0.6 is 11.8 Å². The number of aryl methyl sites for hydroxylation is 2. The molecule has 3 rings (SSSR count). The minimum absolute atomic E-state index is 0.0161. The van der Waals surface area contributed by atoms with Crippen LogP contribution in [0.5, 0.6) is 0 Å². The minimum Gasteiger partial charge on any atom is -0.464 e. The molecule has 0 saturated heterocycles. The minimum atomic E-state index is 0.0161. The van der Waals surface area contributed by atoms with Crippen molar-refractivity contribution in [3.63, 3.8) is 0 Å². The highest BCUT2D eigenvalue weighted by Gasteiger charge is 2.15. The lowest BCUT2D eigenvalue weighted by atomic mass is 10.1. The van der Waals surface area contributed by atoms with Gasteiger partial charge in [0.2, 0.25) is 5.91 Å². The van der Waals surface area contributed by atoms with E-state index in [1.165, 1.54) is 17.3 Å². The number of hydrogen-bond acceptors (Lipinski definition) is 5. The number of nitrogens with zero attached hydrogens (tertiary/aromatic N) is 4. The van der Waals surface area contributed by atoms with Crippen LogP contribution < -0.4 is 0 Å². The molecule has 0 atom stereocenters. The number of aromatic nitrogens is 3. The molecule has 0 spiro atoms. The number of para-hydroxylation sites is 1. The van der Waals surface area contributed by atoms with Crippen LogP contribution in [0.4, 0.5) is 0 Å². The van der Waals surface area contributed by atoms with E-state index in [0.29, 0.717) is 17.5 Å². The Morgan fingerprint density at radius 1 is 1.27 bits per heavy atom. The molecule has 0 unspecified atom stereocenters. The van der Waals surface area contributed by atoms with Crippen LogP contribution in [-0.4, -0.2) is 38.4 Å². The van der Waals surface area contributed by atoms with Crippen molar-refractivity contribution in [2.75, 3.05) is 12.8 Å². The van der Waals surface area contributed by atoms with Gasteiger partial charge in [0.05, 0.1) is 18.0 Å². The van der Waals surface area contributed by atoms with Crippen LogP contribution in [-0.2, 0) is 17.8 Å². The highest BCUT2D eigenvalue weighted by Crippen LogP contribution is 2.23. The van der Waals surface area contributed by atoms with E-state index in [9.17, 15) is 4.79 Å². The molecule has 2 heterocycles. The van der Waals surface area contributed by atoms with Crippen molar-refractivity contribution in [2.45, 2.75) is 32.0 Å². The van der Waals surface area contributed by atoms with Gasteiger partial charge >= 0.3 is 0 Å². The Kier molecular flexibility index (Phi) is 5.78. The fourth-order valence-corrected chi connectivity index (χ4v) is 3.52. The predicted octanol–water partition coefficient (Wildman–Crippen LogP) is 3.48. The van der Waals surface area contributed by atoms with Gasteiger partial charge in [0, 0.05) is 7.05 Å². The standard InChI is InChI=1S/C19H22N4O2S/c1-4-15-7-5-6-8-17(15)23-13-20-21-19(23)26-12-18(24)22(3)11-16-10-9-14(2)25-16/h5-10,13H,4,11-12H2,1-3H3. The van der Waals surface area contributed by atoms with Crippen molar-refractivity contribution >= 4 is 17.7 Å². The lowest BCUT2D eigenvalue weighted by Gasteiger charge is -2.15. The molecule has 2 aromatic heterocycles. The Balaban J connectivity index is 1.65. The third-order valence-electron chi connectivity index (χ3n) is 4.09. The van der Waals surface area contributed by atoms with Crippen molar-refractivity contribution < 1.29 is 9.21 Å². The molecular weight excluding hydrogens is 348 g/mol. The number of rotatable bonds is 7. The first-order valence-corrected chi connectivity index (χ1v) is 9.47. The van der Waals surface area contributed by atoms with E-state index in [1.54, 1.807) is 18.3 Å². The number of benzene rings is 1. The first-order valence-electron chi connectivity index (χ1n) is 8.49. The molecule has 26 heavy (non-hydrogen) atoms. The monoisotopic (exact) mass is 370 g/mol. The fourth-order valence-electron chi connectivity index (χ4n) is 2.66. The van der Waals surface area contributed by atoms with E-state index >= 15 is 0 Å². The number of furan rings is 1. The summed E-state index contributed by atoms with van der Waals surface area (Å²) < 4.78 is 7.47. The molecular formula is C19H22N4O2S. The molecule has 0 saturated carbocycles. The molecule has 136 valence electrons. The molecule has 1 aromatic carbocycles. The first-order chi connectivity index (χ1) is 12.6. The lowest BCUT2D eigenvalue weighted by molar-refractivity contribution is -0.127. The van der Waals surface area contributed by atoms with Gasteiger partial charge in [0.15, 0.2) is 5.16 Å². The molecule has 7 heteroatoms. The average Bonchev–Trinajstić information content (AvgIpc) is 3.28. The molecule has 0 aliphatic carbocycles. The molecule has 0 aliphatic rings. The van der Waals surface area contributed by atoms with E-state index in [1.807, 2.05) is 41.8 Å². The number of carbonyl (C=O) groups is 1. The zero-order valence-corrected chi connectivity index (χ0v) is 16.0. The Hall–Kier alpha value is -2.54. The quantitative estimate of drug-likeness (QED) is 0.596. The second-order valence-corrected chi connectivity index (χ2v) is 6.96. The normalized spacial score (nSPS) is 10.9. The highest BCUT2D eigenvalue weighted by atomic mass is 32.2. The van der Waals surface area contributed by atoms with Crippen LogP contribution in [0.2, 0.25) is 0 Å². The van der Waals surface area contributed by atoms with Crippen molar-refractivity contribution in [1.82, 2.24) is 19.7 Å². The molecule has 0 fully saturated rings. The maximum absolute atomic E-state index is 12.4. The van der Waals surface area contributed by atoms with Crippen LogP contribution in [0.25, 0.3) is 5.69 Å². The Morgan fingerprint density at radius 2 is 2.08 bits per heavy atom. The summed E-state index contributed by atoms with van der Waals surface area (Å²) in [7, 11) is 1.78. The van der Waals surface area contributed by atoms with Gasteiger partial charge in [0.1, 0.15) is 17.8 Å². The molecule has 6 nitrogen and oxygen atoms in total.